The number of aliphatic imine (C=N–C) groups is 1. The number of benzene rings is 3. The molecule has 0 saturated heterocycles. The topological polar surface area (TPSA) is 97.9 Å². The first-order valence-electron chi connectivity index (χ1n) is 10.1. The van der Waals surface area contributed by atoms with Gasteiger partial charge in [0.15, 0.2) is 0 Å². The van der Waals surface area contributed by atoms with E-state index in [1.54, 1.807) is 36.3 Å². The lowest BCUT2D eigenvalue weighted by Gasteiger charge is -2.17. The van der Waals surface area contributed by atoms with Gasteiger partial charge in [-0.15, -0.1) is 0 Å². The molecule has 168 valence electrons. The van der Waals surface area contributed by atoms with Crippen molar-refractivity contribution >= 4 is 17.5 Å². The summed E-state index contributed by atoms with van der Waals surface area (Å²) in [6.07, 6.45) is 0. The molecule has 0 unspecified atom stereocenters. The van der Waals surface area contributed by atoms with Crippen LogP contribution in [-0.2, 0) is 0 Å². The summed E-state index contributed by atoms with van der Waals surface area (Å²) in [5.74, 6) is 3.09. The molecule has 0 bridgehead atoms. The Balaban J connectivity index is 1.91. The lowest BCUT2D eigenvalue weighted by Crippen LogP contribution is -2.40. The molecule has 0 amide bonds. The van der Waals surface area contributed by atoms with E-state index in [-0.39, 0.29) is 11.5 Å². The average molecular weight is 446 g/mol. The summed E-state index contributed by atoms with van der Waals surface area (Å²) in [6, 6.07) is 17.4. The van der Waals surface area contributed by atoms with Gasteiger partial charge in [0.25, 0.3) is 5.84 Å². The minimum absolute atomic E-state index is 0.00855. The second-order valence-electron chi connectivity index (χ2n) is 7.25. The fourth-order valence-electron chi connectivity index (χ4n) is 3.49. The number of phenols is 2. The van der Waals surface area contributed by atoms with Crippen LogP contribution in [0.2, 0.25) is 0 Å². The standard InChI is InChI=1S/C25H23N3O5/c1-28-24(15-5-7-16(31-2)8-6-15)26-23(19-11-9-17(32-3)13-21(19)29)27-25(28)20-12-10-18(33-4)14-22(20)30/h5-14H,1-4H3,(H,27,29,30)/p+1. The van der Waals surface area contributed by atoms with Crippen LogP contribution >= 0.6 is 0 Å². The number of aromatic hydroxyl groups is 2. The van der Waals surface area contributed by atoms with E-state index < -0.39 is 0 Å². The Morgan fingerprint density at radius 3 is 1.76 bits per heavy atom. The predicted molar refractivity (Wildman–Crippen MR) is 127 cm³/mol. The lowest BCUT2D eigenvalue weighted by molar-refractivity contribution is 0.407. The zero-order valence-corrected chi connectivity index (χ0v) is 18.7. The highest BCUT2D eigenvalue weighted by atomic mass is 16.5. The van der Waals surface area contributed by atoms with Crippen molar-refractivity contribution in [3.63, 3.8) is 0 Å². The monoisotopic (exact) mass is 446 g/mol. The third-order valence-electron chi connectivity index (χ3n) is 5.30. The lowest BCUT2D eigenvalue weighted by atomic mass is 10.1. The van der Waals surface area contributed by atoms with Gasteiger partial charge < -0.3 is 24.4 Å². The van der Waals surface area contributed by atoms with Crippen LogP contribution < -0.4 is 18.9 Å². The fourth-order valence-corrected chi connectivity index (χ4v) is 3.49. The Bertz CT molecular complexity index is 1290. The van der Waals surface area contributed by atoms with E-state index in [9.17, 15) is 10.2 Å². The molecule has 8 nitrogen and oxygen atoms in total. The smallest absolute Gasteiger partial charge is 0.363 e. The SMILES string of the molecule is COc1ccc(C2=[N+]=C(c3ccc(OC)cc3O)N=C(c3ccc(OC)cc3O)N2C)cc1. The zero-order valence-electron chi connectivity index (χ0n) is 18.7. The van der Waals surface area contributed by atoms with Crippen molar-refractivity contribution in [1.29, 1.82) is 0 Å². The van der Waals surface area contributed by atoms with Gasteiger partial charge in [-0.1, -0.05) is 4.99 Å². The van der Waals surface area contributed by atoms with Crippen molar-refractivity contribution in [1.82, 2.24) is 9.57 Å². The average Bonchev–Trinajstić information content (AvgIpc) is 2.84. The van der Waals surface area contributed by atoms with E-state index in [2.05, 4.69) is 0 Å². The molecule has 33 heavy (non-hydrogen) atoms. The number of hydrogen-bond acceptors (Lipinski definition) is 7. The Hall–Kier alpha value is -4.42. The van der Waals surface area contributed by atoms with Gasteiger partial charge in [-0.2, -0.15) is 0 Å². The Morgan fingerprint density at radius 2 is 1.24 bits per heavy atom. The Morgan fingerprint density at radius 1 is 0.727 bits per heavy atom. The van der Waals surface area contributed by atoms with Crippen LogP contribution in [0, 0.1) is 0 Å². The highest BCUT2D eigenvalue weighted by Gasteiger charge is 2.34. The maximum atomic E-state index is 10.7. The molecule has 0 aliphatic carbocycles. The number of methoxy groups -OCH3 is 3. The first-order chi connectivity index (χ1) is 15.9. The normalized spacial score (nSPS) is 13.1. The van der Waals surface area contributed by atoms with Crippen molar-refractivity contribution in [3.8, 4) is 28.7 Å². The van der Waals surface area contributed by atoms with Crippen LogP contribution in [0.15, 0.2) is 65.7 Å². The third-order valence-corrected chi connectivity index (χ3v) is 5.30. The summed E-state index contributed by atoms with van der Waals surface area (Å²) in [7, 11) is 6.48. The van der Waals surface area contributed by atoms with E-state index in [0.717, 1.165) is 11.3 Å². The minimum Gasteiger partial charge on any atom is -0.507 e. The van der Waals surface area contributed by atoms with Crippen LogP contribution in [0.1, 0.15) is 16.7 Å². The second-order valence-corrected chi connectivity index (χ2v) is 7.25. The molecule has 1 aliphatic heterocycles. The summed E-state index contributed by atoms with van der Waals surface area (Å²) >= 11 is 0. The van der Waals surface area contributed by atoms with Gasteiger partial charge in [0.05, 0.1) is 39.5 Å². The van der Waals surface area contributed by atoms with Crippen molar-refractivity contribution < 1.29 is 24.4 Å². The zero-order chi connectivity index (χ0) is 23.5. The number of rotatable bonds is 6. The summed E-state index contributed by atoms with van der Waals surface area (Å²) in [5.41, 5.74) is 1.73. The highest BCUT2D eigenvalue weighted by Crippen LogP contribution is 2.28. The minimum atomic E-state index is -0.0196. The maximum absolute atomic E-state index is 10.7. The molecule has 2 N–H and O–H groups in total. The van der Waals surface area contributed by atoms with E-state index in [0.29, 0.717) is 40.1 Å². The van der Waals surface area contributed by atoms with Gasteiger partial charge in [0.1, 0.15) is 34.3 Å². The Kier molecular flexibility index (Phi) is 5.93. The van der Waals surface area contributed by atoms with Crippen LogP contribution in [0.3, 0.4) is 0 Å². The highest BCUT2D eigenvalue weighted by molar-refractivity contribution is 6.23. The largest absolute Gasteiger partial charge is 0.507 e. The van der Waals surface area contributed by atoms with Gasteiger partial charge in [-0.3, -0.25) is 0 Å². The molecule has 1 heterocycles. The molecular weight excluding hydrogens is 422 g/mol. The van der Waals surface area contributed by atoms with Crippen molar-refractivity contribution in [2.75, 3.05) is 28.4 Å². The van der Waals surface area contributed by atoms with Crippen LogP contribution in [0.4, 0.5) is 0 Å². The van der Waals surface area contributed by atoms with Crippen molar-refractivity contribution in [2.45, 2.75) is 0 Å². The molecule has 0 saturated carbocycles. The summed E-state index contributed by atoms with van der Waals surface area (Å²) < 4.78 is 20.4. The molecule has 3 aromatic carbocycles. The third kappa shape index (κ3) is 4.20. The van der Waals surface area contributed by atoms with Crippen LogP contribution in [0.25, 0.3) is 0 Å². The van der Waals surface area contributed by atoms with E-state index in [1.165, 1.54) is 26.4 Å². The summed E-state index contributed by atoms with van der Waals surface area (Å²) in [4.78, 5) is 6.48. The van der Waals surface area contributed by atoms with Gasteiger partial charge in [-0.25, -0.2) is 9.57 Å². The maximum Gasteiger partial charge on any atom is 0.363 e. The number of nitrogens with zero attached hydrogens (tertiary/aromatic N) is 3. The molecule has 0 spiro atoms. The Labute approximate surface area is 191 Å². The molecule has 8 heteroatoms. The van der Waals surface area contributed by atoms with E-state index in [1.807, 2.05) is 31.3 Å². The van der Waals surface area contributed by atoms with Gasteiger partial charge in [-0.05, 0) is 48.5 Å². The second kappa shape index (κ2) is 8.98. The quantitative estimate of drug-likeness (QED) is 0.565. The van der Waals surface area contributed by atoms with Crippen LogP contribution in [-0.4, -0.2) is 61.0 Å². The van der Waals surface area contributed by atoms with Crippen molar-refractivity contribution in [3.05, 3.63) is 77.4 Å². The molecule has 0 fully saturated rings. The molecule has 3 aromatic rings. The molecule has 4 rings (SSSR count). The van der Waals surface area contributed by atoms with Gasteiger partial charge in [0.2, 0.25) is 0 Å². The van der Waals surface area contributed by atoms with Crippen LogP contribution in [0.5, 0.6) is 28.7 Å². The number of phenolic OH excluding ortho intramolecular Hbond substituents is 2. The van der Waals surface area contributed by atoms with E-state index >= 15 is 0 Å². The fraction of sp³-hybridized carbons (Fsp3) is 0.160. The molecular formula is C25H24N3O5+. The molecule has 0 aromatic heterocycles. The molecule has 1 aliphatic rings. The number of amidine groups is 3. The van der Waals surface area contributed by atoms with Gasteiger partial charge >= 0.3 is 11.7 Å². The number of hydrogen-bond donors (Lipinski definition) is 2. The first kappa shape index (κ1) is 21.8. The van der Waals surface area contributed by atoms with E-state index in [4.69, 9.17) is 23.9 Å². The first-order valence-corrected chi connectivity index (χ1v) is 10.1. The predicted octanol–water partition coefficient (Wildman–Crippen LogP) is 2.78. The van der Waals surface area contributed by atoms with Gasteiger partial charge in [0, 0.05) is 12.1 Å². The van der Waals surface area contributed by atoms with Crippen molar-refractivity contribution in [2.24, 2.45) is 4.99 Å². The summed E-state index contributed by atoms with van der Waals surface area (Å²) in [5, 5.41) is 21.3. The summed E-state index contributed by atoms with van der Waals surface area (Å²) in [6.45, 7) is 0. The number of ether oxygens (including phenoxy) is 3. The molecule has 0 radical (unpaired) electrons. The molecule has 0 atom stereocenters.